The summed E-state index contributed by atoms with van der Waals surface area (Å²) >= 11 is 0. The Balaban J connectivity index is 0.00000225. The van der Waals surface area contributed by atoms with Crippen molar-refractivity contribution in [3.8, 4) is 5.88 Å². The van der Waals surface area contributed by atoms with Crippen molar-refractivity contribution in [2.45, 2.75) is 64.3 Å². The fourth-order valence-electron chi connectivity index (χ4n) is 3.32. The second-order valence-electron chi connectivity index (χ2n) is 6.37. The van der Waals surface area contributed by atoms with Crippen LogP contribution in [0.25, 0.3) is 0 Å². The predicted molar refractivity (Wildman–Crippen MR) is 110 cm³/mol. The van der Waals surface area contributed by atoms with Gasteiger partial charge >= 0.3 is 0 Å². The SMILES string of the molecule is CCCOc1ncccc1CN=C(NCC)NC1CC2CCC1O2.I. The molecule has 3 rings (SSSR count). The van der Waals surface area contributed by atoms with E-state index in [1.165, 1.54) is 6.42 Å². The molecular formula is C18H29IN4O2. The summed E-state index contributed by atoms with van der Waals surface area (Å²) in [6.45, 7) is 6.22. The van der Waals surface area contributed by atoms with E-state index < -0.39 is 0 Å². The van der Waals surface area contributed by atoms with Crippen molar-refractivity contribution in [2.75, 3.05) is 13.2 Å². The summed E-state index contributed by atoms with van der Waals surface area (Å²) in [5, 5.41) is 6.86. The van der Waals surface area contributed by atoms with Crippen LogP contribution in [0.15, 0.2) is 23.3 Å². The van der Waals surface area contributed by atoms with Gasteiger partial charge in [-0.1, -0.05) is 13.0 Å². The smallest absolute Gasteiger partial charge is 0.218 e. The molecule has 2 aliphatic heterocycles. The molecule has 0 amide bonds. The lowest BCUT2D eigenvalue weighted by Gasteiger charge is -2.22. The molecule has 1 aromatic heterocycles. The highest BCUT2D eigenvalue weighted by molar-refractivity contribution is 14.0. The van der Waals surface area contributed by atoms with Crippen LogP contribution < -0.4 is 15.4 Å². The average Bonchev–Trinajstić information content (AvgIpc) is 3.21. The number of guanidine groups is 1. The number of hydrogen-bond acceptors (Lipinski definition) is 4. The molecule has 2 fully saturated rings. The summed E-state index contributed by atoms with van der Waals surface area (Å²) in [5.74, 6) is 1.52. The van der Waals surface area contributed by atoms with Gasteiger partial charge in [0.2, 0.25) is 5.88 Å². The van der Waals surface area contributed by atoms with Crippen LogP contribution >= 0.6 is 24.0 Å². The van der Waals surface area contributed by atoms with Crippen LogP contribution in [-0.2, 0) is 11.3 Å². The summed E-state index contributed by atoms with van der Waals surface area (Å²) in [4.78, 5) is 9.04. The average molecular weight is 460 g/mol. The van der Waals surface area contributed by atoms with Gasteiger partial charge in [0, 0.05) is 18.3 Å². The Labute approximate surface area is 167 Å². The number of pyridine rings is 1. The van der Waals surface area contributed by atoms with Gasteiger partial charge in [0.1, 0.15) is 0 Å². The lowest BCUT2D eigenvalue weighted by atomic mass is 9.96. The second kappa shape index (κ2) is 10.2. The standard InChI is InChI=1S/C18H28N4O2.HI/c1-3-10-23-17-13(6-5-9-20-17)12-21-18(19-4-2)22-15-11-14-7-8-16(15)24-14;/h5-6,9,14-16H,3-4,7-8,10-12H2,1-2H3,(H2,19,21,22);1H. The van der Waals surface area contributed by atoms with Crippen LogP contribution in [0.1, 0.15) is 45.1 Å². The zero-order valence-corrected chi connectivity index (χ0v) is 17.4. The first kappa shape index (κ1) is 20.2. The molecule has 2 saturated heterocycles. The van der Waals surface area contributed by atoms with Gasteiger partial charge in [-0.15, -0.1) is 24.0 Å². The molecule has 7 heteroatoms. The molecule has 0 aromatic carbocycles. The number of hydrogen-bond donors (Lipinski definition) is 2. The summed E-state index contributed by atoms with van der Waals surface area (Å²) in [5.41, 5.74) is 1.01. The number of fused-ring (bicyclic) bond motifs is 2. The van der Waals surface area contributed by atoms with E-state index >= 15 is 0 Å². The molecule has 3 unspecified atom stereocenters. The highest BCUT2D eigenvalue weighted by Gasteiger charge is 2.41. The number of aliphatic imine (C=N–C) groups is 1. The largest absolute Gasteiger partial charge is 0.477 e. The van der Waals surface area contributed by atoms with Crippen molar-refractivity contribution < 1.29 is 9.47 Å². The molecule has 3 heterocycles. The van der Waals surface area contributed by atoms with E-state index in [-0.39, 0.29) is 24.0 Å². The van der Waals surface area contributed by atoms with Gasteiger partial charge in [0.25, 0.3) is 0 Å². The second-order valence-corrected chi connectivity index (χ2v) is 6.37. The molecule has 2 N–H and O–H groups in total. The third-order valence-corrected chi connectivity index (χ3v) is 4.47. The summed E-state index contributed by atoms with van der Waals surface area (Å²) in [6.07, 6.45) is 6.92. The van der Waals surface area contributed by atoms with Crippen molar-refractivity contribution in [3.05, 3.63) is 23.9 Å². The van der Waals surface area contributed by atoms with Gasteiger partial charge in [-0.3, -0.25) is 0 Å². The fraction of sp³-hybridized carbons (Fsp3) is 0.667. The Hall–Kier alpha value is -1.09. The van der Waals surface area contributed by atoms with Crippen LogP contribution in [0.5, 0.6) is 5.88 Å². The molecule has 1 aromatic rings. The molecule has 140 valence electrons. The molecule has 6 nitrogen and oxygen atoms in total. The number of rotatable bonds is 7. The maximum Gasteiger partial charge on any atom is 0.218 e. The minimum atomic E-state index is 0. The quantitative estimate of drug-likeness (QED) is 0.372. The molecule has 0 spiro atoms. The monoisotopic (exact) mass is 460 g/mol. The van der Waals surface area contributed by atoms with E-state index in [0.717, 1.165) is 37.3 Å². The minimum Gasteiger partial charge on any atom is -0.477 e. The summed E-state index contributed by atoms with van der Waals surface area (Å²) < 4.78 is 11.6. The fourth-order valence-corrected chi connectivity index (χ4v) is 3.32. The maximum absolute atomic E-state index is 5.91. The normalized spacial score (nSPS) is 24.7. The van der Waals surface area contributed by atoms with E-state index in [9.17, 15) is 0 Å². The maximum atomic E-state index is 5.91. The third-order valence-electron chi connectivity index (χ3n) is 4.47. The van der Waals surface area contributed by atoms with Gasteiger partial charge in [-0.25, -0.2) is 9.98 Å². The Morgan fingerprint density at radius 2 is 2.28 bits per heavy atom. The number of nitrogens with zero attached hydrogens (tertiary/aromatic N) is 2. The topological polar surface area (TPSA) is 67.8 Å². The highest BCUT2D eigenvalue weighted by atomic mass is 127. The van der Waals surface area contributed by atoms with Gasteiger partial charge in [0.15, 0.2) is 5.96 Å². The van der Waals surface area contributed by atoms with Crippen molar-refractivity contribution in [1.82, 2.24) is 15.6 Å². The Kier molecular flexibility index (Phi) is 8.21. The van der Waals surface area contributed by atoms with E-state index in [1.807, 2.05) is 12.1 Å². The molecule has 0 saturated carbocycles. The van der Waals surface area contributed by atoms with Crippen molar-refractivity contribution in [1.29, 1.82) is 0 Å². The van der Waals surface area contributed by atoms with E-state index in [4.69, 9.17) is 14.5 Å². The van der Waals surface area contributed by atoms with Crippen molar-refractivity contribution >= 4 is 29.9 Å². The third kappa shape index (κ3) is 5.44. The summed E-state index contributed by atoms with van der Waals surface area (Å²) in [6, 6.07) is 4.31. The van der Waals surface area contributed by atoms with Crippen LogP contribution in [-0.4, -0.2) is 42.3 Å². The van der Waals surface area contributed by atoms with Crippen molar-refractivity contribution in [3.63, 3.8) is 0 Å². The van der Waals surface area contributed by atoms with E-state index in [2.05, 4.69) is 29.5 Å². The lowest BCUT2D eigenvalue weighted by molar-refractivity contribution is 0.0992. The van der Waals surface area contributed by atoms with E-state index in [1.54, 1.807) is 6.20 Å². The lowest BCUT2D eigenvalue weighted by Crippen LogP contribution is -2.47. The molecule has 0 aliphatic carbocycles. The van der Waals surface area contributed by atoms with Crippen LogP contribution in [0, 0.1) is 0 Å². The first-order valence-corrected chi connectivity index (χ1v) is 9.07. The Morgan fingerprint density at radius 3 is 2.96 bits per heavy atom. The predicted octanol–water partition coefficient (Wildman–Crippen LogP) is 2.86. The van der Waals surface area contributed by atoms with Crippen LogP contribution in [0.2, 0.25) is 0 Å². The summed E-state index contributed by atoms with van der Waals surface area (Å²) in [7, 11) is 0. The number of nitrogens with one attached hydrogen (secondary N) is 2. The molecule has 3 atom stereocenters. The van der Waals surface area contributed by atoms with Crippen molar-refractivity contribution in [2.24, 2.45) is 4.99 Å². The Bertz CT molecular complexity index is 570. The number of ether oxygens (including phenoxy) is 2. The van der Waals surface area contributed by atoms with Crippen LogP contribution in [0.3, 0.4) is 0 Å². The molecule has 0 radical (unpaired) electrons. The zero-order valence-electron chi connectivity index (χ0n) is 15.0. The Morgan fingerprint density at radius 1 is 1.40 bits per heavy atom. The number of halogens is 1. The molecule has 2 bridgehead atoms. The minimum absolute atomic E-state index is 0. The van der Waals surface area contributed by atoms with E-state index in [0.29, 0.717) is 37.3 Å². The first-order chi connectivity index (χ1) is 11.8. The zero-order chi connectivity index (χ0) is 16.8. The molecule has 2 aliphatic rings. The van der Waals surface area contributed by atoms with Gasteiger partial charge in [-0.05, 0) is 38.7 Å². The first-order valence-electron chi connectivity index (χ1n) is 9.07. The number of aromatic nitrogens is 1. The van der Waals surface area contributed by atoms with Gasteiger partial charge < -0.3 is 20.1 Å². The van der Waals surface area contributed by atoms with Gasteiger partial charge in [-0.2, -0.15) is 0 Å². The molecular weight excluding hydrogens is 431 g/mol. The van der Waals surface area contributed by atoms with Gasteiger partial charge in [0.05, 0.1) is 31.4 Å². The molecule has 25 heavy (non-hydrogen) atoms. The van der Waals surface area contributed by atoms with Crippen LogP contribution in [0.4, 0.5) is 0 Å². The highest BCUT2D eigenvalue weighted by Crippen LogP contribution is 2.34.